The van der Waals surface area contributed by atoms with Crippen LogP contribution in [0.25, 0.3) is 0 Å². The van der Waals surface area contributed by atoms with Crippen LogP contribution in [0.4, 0.5) is 0 Å². The fourth-order valence-electron chi connectivity index (χ4n) is 3.76. The van der Waals surface area contributed by atoms with Gasteiger partial charge in [0.05, 0.1) is 12.5 Å². The third-order valence-corrected chi connectivity index (χ3v) is 5.56. The molecule has 3 fully saturated rings. The molecule has 22 heavy (non-hydrogen) atoms. The summed E-state index contributed by atoms with van der Waals surface area (Å²) in [6.45, 7) is 5.19. The average molecular weight is 307 g/mol. The number of rotatable bonds is 5. The van der Waals surface area contributed by atoms with Crippen LogP contribution in [0, 0.1) is 17.3 Å². The Kier molecular flexibility index (Phi) is 4.59. The lowest BCUT2D eigenvalue weighted by molar-refractivity contribution is -0.149. The van der Waals surface area contributed by atoms with Crippen LogP contribution in [0.1, 0.15) is 45.4 Å². The van der Waals surface area contributed by atoms with E-state index in [4.69, 9.17) is 4.74 Å². The lowest BCUT2D eigenvalue weighted by atomic mass is 9.97. The molecule has 2 saturated carbocycles. The first kappa shape index (κ1) is 15.6. The summed E-state index contributed by atoms with van der Waals surface area (Å²) in [6.07, 6.45) is 7.34. The van der Waals surface area contributed by atoms with Crippen molar-refractivity contribution < 1.29 is 9.53 Å². The molecule has 0 unspecified atom stereocenters. The maximum absolute atomic E-state index is 11.8. The van der Waals surface area contributed by atoms with Gasteiger partial charge in [-0.15, -0.1) is 0 Å². The Bertz CT molecular complexity index is 433. The number of piperidine rings is 1. The van der Waals surface area contributed by atoms with Gasteiger partial charge in [-0.05, 0) is 56.8 Å². The number of nitrogens with one attached hydrogen (secondary N) is 1. The fraction of sp³-hybridized carbons (Fsp3) is 0.882. The van der Waals surface area contributed by atoms with Gasteiger partial charge < -0.3 is 15.0 Å². The molecule has 0 amide bonds. The molecule has 1 heterocycles. The number of ether oxygens (including phenoxy) is 1. The summed E-state index contributed by atoms with van der Waals surface area (Å²) in [7, 11) is 1.86. The minimum atomic E-state index is -0.0317. The van der Waals surface area contributed by atoms with E-state index in [1.807, 2.05) is 14.0 Å². The predicted molar refractivity (Wildman–Crippen MR) is 86.7 cm³/mol. The standard InChI is InChI=1S/C17H29N3O2/c1-3-22-15(21)13-6-10-20(11-7-13)16(18-2)19-12-17(8-9-17)14-4-5-14/h13-14H,3-12H2,1-2H3,(H,18,19). The first-order valence-electron chi connectivity index (χ1n) is 8.81. The highest BCUT2D eigenvalue weighted by molar-refractivity contribution is 5.80. The molecule has 2 aliphatic carbocycles. The zero-order valence-electron chi connectivity index (χ0n) is 13.9. The molecule has 0 aromatic heterocycles. The van der Waals surface area contributed by atoms with Crippen molar-refractivity contribution in [1.29, 1.82) is 0 Å². The lowest BCUT2D eigenvalue weighted by Gasteiger charge is -2.34. The second-order valence-electron chi connectivity index (χ2n) is 7.05. The van der Waals surface area contributed by atoms with Gasteiger partial charge >= 0.3 is 5.97 Å². The molecule has 3 aliphatic rings. The molecular weight excluding hydrogens is 278 g/mol. The van der Waals surface area contributed by atoms with Crippen LogP contribution in [0.15, 0.2) is 4.99 Å². The topological polar surface area (TPSA) is 53.9 Å². The molecule has 0 atom stereocenters. The third-order valence-electron chi connectivity index (χ3n) is 5.56. The summed E-state index contributed by atoms with van der Waals surface area (Å²) in [5, 5.41) is 3.59. The Labute approximate surface area is 133 Å². The highest BCUT2D eigenvalue weighted by Gasteiger charge is 2.53. The Hall–Kier alpha value is -1.26. The van der Waals surface area contributed by atoms with E-state index in [9.17, 15) is 4.79 Å². The van der Waals surface area contributed by atoms with E-state index in [1.165, 1.54) is 25.7 Å². The van der Waals surface area contributed by atoms with Gasteiger partial charge in [-0.3, -0.25) is 9.79 Å². The van der Waals surface area contributed by atoms with E-state index in [0.29, 0.717) is 12.0 Å². The second-order valence-corrected chi connectivity index (χ2v) is 7.05. The SMILES string of the molecule is CCOC(=O)C1CCN(C(=NC)NCC2(C3CC3)CC2)CC1. The number of nitrogens with zero attached hydrogens (tertiary/aromatic N) is 2. The van der Waals surface area contributed by atoms with Crippen LogP contribution >= 0.6 is 0 Å². The summed E-state index contributed by atoms with van der Waals surface area (Å²) >= 11 is 0. The van der Waals surface area contributed by atoms with Gasteiger partial charge in [-0.25, -0.2) is 0 Å². The van der Waals surface area contributed by atoms with Crippen molar-refractivity contribution in [3.8, 4) is 0 Å². The van der Waals surface area contributed by atoms with Crippen molar-refractivity contribution in [2.45, 2.75) is 45.4 Å². The van der Waals surface area contributed by atoms with Crippen molar-refractivity contribution >= 4 is 11.9 Å². The highest BCUT2D eigenvalue weighted by Crippen LogP contribution is 2.60. The van der Waals surface area contributed by atoms with Crippen molar-refractivity contribution in [3.63, 3.8) is 0 Å². The zero-order valence-corrected chi connectivity index (χ0v) is 13.9. The molecule has 1 aliphatic heterocycles. The number of hydrogen-bond acceptors (Lipinski definition) is 3. The number of aliphatic imine (C=N–C) groups is 1. The first-order valence-corrected chi connectivity index (χ1v) is 8.81. The molecule has 0 aromatic rings. The summed E-state index contributed by atoms with van der Waals surface area (Å²) in [6, 6.07) is 0. The maximum Gasteiger partial charge on any atom is 0.309 e. The van der Waals surface area contributed by atoms with Crippen LogP contribution < -0.4 is 5.32 Å². The van der Waals surface area contributed by atoms with Crippen molar-refractivity contribution in [3.05, 3.63) is 0 Å². The van der Waals surface area contributed by atoms with Gasteiger partial charge in [0.25, 0.3) is 0 Å². The Morgan fingerprint density at radius 1 is 1.27 bits per heavy atom. The summed E-state index contributed by atoms with van der Waals surface area (Å²) in [5.41, 5.74) is 0.583. The molecule has 5 nitrogen and oxygen atoms in total. The molecule has 124 valence electrons. The van der Waals surface area contributed by atoms with Gasteiger partial charge in [0, 0.05) is 26.7 Å². The first-order chi connectivity index (χ1) is 10.7. The van der Waals surface area contributed by atoms with Gasteiger partial charge in [0.15, 0.2) is 5.96 Å². The van der Waals surface area contributed by atoms with Crippen molar-refractivity contribution in [1.82, 2.24) is 10.2 Å². The number of hydrogen-bond donors (Lipinski definition) is 1. The number of guanidine groups is 1. The van der Waals surface area contributed by atoms with Gasteiger partial charge in [0.1, 0.15) is 0 Å². The number of likely N-dealkylation sites (tertiary alicyclic amines) is 1. The predicted octanol–water partition coefficient (Wildman–Crippen LogP) is 2.03. The zero-order chi connectivity index (χ0) is 15.6. The van der Waals surface area contributed by atoms with Crippen LogP contribution in [0.2, 0.25) is 0 Å². The third kappa shape index (κ3) is 3.39. The monoisotopic (exact) mass is 307 g/mol. The maximum atomic E-state index is 11.8. The molecule has 0 bridgehead atoms. The Morgan fingerprint density at radius 2 is 1.95 bits per heavy atom. The fourth-order valence-corrected chi connectivity index (χ4v) is 3.76. The van der Waals surface area contributed by atoms with Gasteiger partial charge in [0.2, 0.25) is 0 Å². The number of carbonyl (C=O) groups excluding carboxylic acids is 1. The quantitative estimate of drug-likeness (QED) is 0.480. The Morgan fingerprint density at radius 3 is 2.45 bits per heavy atom. The van der Waals surface area contributed by atoms with E-state index >= 15 is 0 Å². The van der Waals surface area contributed by atoms with Crippen molar-refractivity contribution in [2.24, 2.45) is 22.2 Å². The summed E-state index contributed by atoms with van der Waals surface area (Å²) in [4.78, 5) is 18.5. The minimum absolute atomic E-state index is 0.0317. The van der Waals surface area contributed by atoms with Crippen molar-refractivity contribution in [2.75, 3.05) is 33.3 Å². The second kappa shape index (κ2) is 6.47. The summed E-state index contributed by atoms with van der Waals surface area (Å²) in [5.74, 6) is 2.01. The summed E-state index contributed by atoms with van der Waals surface area (Å²) < 4.78 is 5.13. The molecule has 1 saturated heterocycles. The average Bonchev–Trinajstić information content (AvgIpc) is 3.41. The van der Waals surface area contributed by atoms with E-state index in [-0.39, 0.29) is 11.9 Å². The van der Waals surface area contributed by atoms with E-state index < -0.39 is 0 Å². The van der Waals surface area contributed by atoms with Crippen LogP contribution in [0.3, 0.4) is 0 Å². The smallest absolute Gasteiger partial charge is 0.309 e. The van der Waals surface area contributed by atoms with Crippen LogP contribution in [0.5, 0.6) is 0 Å². The molecule has 5 heteroatoms. The molecule has 0 radical (unpaired) electrons. The molecule has 3 rings (SSSR count). The van der Waals surface area contributed by atoms with E-state index in [0.717, 1.165) is 44.4 Å². The van der Waals surface area contributed by atoms with Crippen LogP contribution in [-0.4, -0.2) is 50.1 Å². The molecular formula is C17H29N3O2. The number of carbonyl (C=O) groups is 1. The molecule has 0 aromatic carbocycles. The number of esters is 1. The largest absolute Gasteiger partial charge is 0.466 e. The van der Waals surface area contributed by atoms with Crippen LogP contribution in [-0.2, 0) is 9.53 Å². The lowest BCUT2D eigenvalue weighted by Crippen LogP contribution is -2.48. The van der Waals surface area contributed by atoms with E-state index in [1.54, 1.807) is 0 Å². The van der Waals surface area contributed by atoms with E-state index in [2.05, 4.69) is 15.2 Å². The van der Waals surface area contributed by atoms with Gasteiger partial charge in [-0.1, -0.05) is 0 Å². The Balaban J connectivity index is 1.45. The molecule has 1 N–H and O–H groups in total. The normalized spacial score (nSPS) is 25.0. The molecule has 0 spiro atoms. The highest BCUT2D eigenvalue weighted by atomic mass is 16.5. The van der Waals surface area contributed by atoms with Gasteiger partial charge in [-0.2, -0.15) is 0 Å². The minimum Gasteiger partial charge on any atom is -0.466 e.